The number of rotatable bonds is 3. The molecular weight excluding hydrogens is 206 g/mol. The standard InChI is InChI=1S/C12H15NOS/c1-9-6-12(2,3)5-4-10(9)11(14)7-15-8-13/h4-5H,6-7H2,1-3H3. The Morgan fingerprint density at radius 3 is 2.87 bits per heavy atom. The van der Waals surface area contributed by atoms with Crippen LogP contribution in [0.5, 0.6) is 0 Å². The fraction of sp³-hybridized carbons (Fsp3) is 0.500. The summed E-state index contributed by atoms with van der Waals surface area (Å²) in [5.41, 5.74) is 2.07. The third-order valence-electron chi connectivity index (χ3n) is 2.45. The average Bonchev–Trinajstić information content (AvgIpc) is 2.12. The van der Waals surface area contributed by atoms with Crippen molar-refractivity contribution in [3.8, 4) is 5.40 Å². The number of carbonyl (C=O) groups excluding carboxylic acids is 1. The van der Waals surface area contributed by atoms with Crippen molar-refractivity contribution in [3.05, 3.63) is 23.3 Å². The molecule has 0 saturated carbocycles. The van der Waals surface area contributed by atoms with Crippen LogP contribution in [-0.4, -0.2) is 11.5 Å². The second-order valence-corrected chi connectivity index (χ2v) is 5.26. The first-order valence-electron chi connectivity index (χ1n) is 4.89. The number of hydrogen-bond acceptors (Lipinski definition) is 3. The molecule has 0 aliphatic heterocycles. The lowest BCUT2D eigenvalue weighted by molar-refractivity contribution is -0.113. The molecule has 0 unspecified atom stereocenters. The van der Waals surface area contributed by atoms with Crippen molar-refractivity contribution in [3.63, 3.8) is 0 Å². The molecule has 0 aromatic rings. The highest BCUT2D eigenvalue weighted by Crippen LogP contribution is 2.33. The Labute approximate surface area is 95.0 Å². The number of nitriles is 1. The molecule has 0 spiro atoms. The van der Waals surface area contributed by atoms with Crippen LogP contribution in [0.2, 0.25) is 0 Å². The topological polar surface area (TPSA) is 40.9 Å². The van der Waals surface area contributed by atoms with Gasteiger partial charge < -0.3 is 0 Å². The van der Waals surface area contributed by atoms with Crippen LogP contribution in [0.25, 0.3) is 0 Å². The van der Waals surface area contributed by atoms with E-state index in [9.17, 15) is 4.79 Å². The molecule has 0 radical (unpaired) electrons. The van der Waals surface area contributed by atoms with Gasteiger partial charge in [0.15, 0.2) is 5.78 Å². The van der Waals surface area contributed by atoms with Gasteiger partial charge in [0, 0.05) is 5.57 Å². The molecular formula is C12H15NOS. The van der Waals surface area contributed by atoms with Gasteiger partial charge in [-0.2, -0.15) is 5.26 Å². The minimum atomic E-state index is 0.0609. The first-order chi connectivity index (χ1) is 6.96. The van der Waals surface area contributed by atoms with E-state index in [0.29, 0.717) is 0 Å². The van der Waals surface area contributed by atoms with E-state index in [1.807, 2.05) is 18.4 Å². The van der Waals surface area contributed by atoms with Crippen molar-refractivity contribution in [2.75, 3.05) is 5.75 Å². The van der Waals surface area contributed by atoms with Gasteiger partial charge in [0.1, 0.15) is 5.40 Å². The maximum absolute atomic E-state index is 11.7. The maximum Gasteiger partial charge on any atom is 0.173 e. The highest BCUT2D eigenvalue weighted by atomic mass is 32.2. The molecule has 0 N–H and O–H groups in total. The lowest BCUT2D eigenvalue weighted by atomic mass is 9.79. The van der Waals surface area contributed by atoms with Gasteiger partial charge in [-0.05, 0) is 30.5 Å². The largest absolute Gasteiger partial charge is 0.293 e. The number of ketones is 1. The molecule has 0 saturated heterocycles. The number of nitrogens with zero attached hydrogens (tertiary/aromatic N) is 1. The smallest absolute Gasteiger partial charge is 0.173 e. The number of allylic oxidation sites excluding steroid dienone is 4. The Bertz CT molecular complexity index is 372. The summed E-state index contributed by atoms with van der Waals surface area (Å²) < 4.78 is 0. The Morgan fingerprint density at radius 2 is 2.33 bits per heavy atom. The summed E-state index contributed by atoms with van der Waals surface area (Å²) in [7, 11) is 0. The predicted octanol–water partition coefficient (Wildman–Crippen LogP) is 3.07. The predicted molar refractivity (Wildman–Crippen MR) is 63.3 cm³/mol. The molecule has 1 rings (SSSR count). The molecule has 15 heavy (non-hydrogen) atoms. The Morgan fingerprint density at radius 1 is 1.67 bits per heavy atom. The number of thioether (sulfide) groups is 1. The summed E-state index contributed by atoms with van der Waals surface area (Å²) in [6.45, 7) is 6.30. The summed E-state index contributed by atoms with van der Waals surface area (Å²) in [6.07, 6.45) is 4.89. The lowest BCUT2D eigenvalue weighted by Gasteiger charge is -2.26. The van der Waals surface area contributed by atoms with Crippen LogP contribution in [0.1, 0.15) is 27.2 Å². The third-order valence-corrected chi connectivity index (χ3v) is 2.99. The zero-order chi connectivity index (χ0) is 11.5. The van der Waals surface area contributed by atoms with Crippen LogP contribution in [-0.2, 0) is 4.79 Å². The number of thiocyanates is 1. The summed E-state index contributed by atoms with van der Waals surface area (Å²) in [5, 5.41) is 10.3. The van der Waals surface area contributed by atoms with Crippen LogP contribution in [0.15, 0.2) is 23.3 Å². The molecule has 3 heteroatoms. The van der Waals surface area contributed by atoms with E-state index in [1.54, 1.807) is 0 Å². The van der Waals surface area contributed by atoms with Crippen LogP contribution < -0.4 is 0 Å². The Hall–Kier alpha value is -1.01. The molecule has 80 valence electrons. The SMILES string of the molecule is CC1=C(C(=O)CSC#N)C=CC(C)(C)C1. The van der Waals surface area contributed by atoms with E-state index in [1.165, 1.54) is 0 Å². The van der Waals surface area contributed by atoms with Gasteiger partial charge in [0.2, 0.25) is 0 Å². The average molecular weight is 221 g/mol. The van der Waals surface area contributed by atoms with Crippen molar-refractivity contribution < 1.29 is 4.79 Å². The van der Waals surface area contributed by atoms with Crippen LogP contribution in [0.3, 0.4) is 0 Å². The van der Waals surface area contributed by atoms with Crippen molar-refractivity contribution >= 4 is 17.5 Å². The molecule has 0 aromatic carbocycles. The minimum absolute atomic E-state index is 0.0609. The first kappa shape index (κ1) is 12.1. The second-order valence-electron chi connectivity index (χ2n) is 4.50. The van der Waals surface area contributed by atoms with E-state index < -0.39 is 0 Å². The molecule has 0 amide bonds. The van der Waals surface area contributed by atoms with Gasteiger partial charge in [-0.1, -0.05) is 31.6 Å². The molecule has 0 aromatic heterocycles. The highest BCUT2D eigenvalue weighted by molar-refractivity contribution is 8.04. The zero-order valence-corrected chi connectivity index (χ0v) is 10.1. The van der Waals surface area contributed by atoms with Gasteiger partial charge in [-0.3, -0.25) is 4.79 Å². The normalized spacial score (nSPS) is 18.8. The van der Waals surface area contributed by atoms with Crippen LogP contribution in [0, 0.1) is 16.1 Å². The summed E-state index contributed by atoms with van der Waals surface area (Å²) in [4.78, 5) is 11.7. The van der Waals surface area contributed by atoms with E-state index in [2.05, 4.69) is 19.9 Å². The van der Waals surface area contributed by atoms with Crippen molar-refractivity contribution in [2.45, 2.75) is 27.2 Å². The fourth-order valence-corrected chi connectivity index (χ4v) is 2.15. The highest BCUT2D eigenvalue weighted by Gasteiger charge is 2.22. The van der Waals surface area contributed by atoms with Crippen molar-refractivity contribution in [1.29, 1.82) is 5.26 Å². The summed E-state index contributed by atoms with van der Waals surface area (Å²) in [6, 6.07) is 0. The zero-order valence-electron chi connectivity index (χ0n) is 9.33. The Kier molecular flexibility index (Phi) is 3.76. The third kappa shape index (κ3) is 3.24. The van der Waals surface area contributed by atoms with E-state index >= 15 is 0 Å². The maximum atomic E-state index is 11.7. The molecule has 0 bridgehead atoms. The molecule has 2 nitrogen and oxygen atoms in total. The molecule has 1 aliphatic carbocycles. The Balaban J connectivity index is 2.77. The van der Waals surface area contributed by atoms with Gasteiger partial charge in [-0.25, -0.2) is 0 Å². The number of carbonyl (C=O) groups is 1. The summed E-state index contributed by atoms with van der Waals surface area (Å²) >= 11 is 1.000. The monoisotopic (exact) mass is 221 g/mol. The summed E-state index contributed by atoms with van der Waals surface area (Å²) in [5.74, 6) is 0.319. The molecule has 0 heterocycles. The van der Waals surface area contributed by atoms with Gasteiger partial charge in [0.25, 0.3) is 0 Å². The van der Waals surface area contributed by atoms with Crippen LogP contribution in [0.4, 0.5) is 0 Å². The molecule has 0 atom stereocenters. The molecule has 0 fully saturated rings. The van der Waals surface area contributed by atoms with Crippen molar-refractivity contribution in [2.24, 2.45) is 5.41 Å². The number of Topliss-reactive ketones (excluding diaryl/α,β-unsaturated/α-hetero) is 1. The van der Waals surface area contributed by atoms with Gasteiger partial charge in [-0.15, -0.1) is 0 Å². The van der Waals surface area contributed by atoms with Gasteiger partial charge in [0.05, 0.1) is 5.75 Å². The first-order valence-corrected chi connectivity index (χ1v) is 5.88. The van der Waals surface area contributed by atoms with Crippen molar-refractivity contribution in [1.82, 2.24) is 0 Å². The minimum Gasteiger partial charge on any atom is -0.293 e. The quantitative estimate of drug-likeness (QED) is 0.688. The van der Waals surface area contributed by atoms with Crippen LogP contribution >= 0.6 is 11.8 Å². The van der Waals surface area contributed by atoms with E-state index in [-0.39, 0.29) is 17.0 Å². The fourth-order valence-electron chi connectivity index (χ4n) is 1.80. The second kappa shape index (κ2) is 4.67. The lowest BCUT2D eigenvalue weighted by Crippen LogP contribution is -2.16. The van der Waals surface area contributed by atoms with E-state index in [0.717, 1.165) is 29.3 Å². The number of hydrogen-bond donors (Lipinski definition) is 0. The molecule has 1 aliphatic rings. The van der Waals surface area contributed by atoms with Gasteiger partial charge >= 0.3 is 0 Å². The van der Waals surface area contributed by atoms with E-state index in [4.69, 9.17) is 5.26 Å².